The molecule has 1 N–H and O–H groups in total. The van der Waals surface area contributed by atoms with Gasteiger partial charge in [0.25, 0.3) is 0 Å². The third-order valence-corrected chi connectivity index (χ3v) is 2.59. The Labute approximate surface area is 120 Å². The number of esters is 1. The highest BCUT2D eigenvalue weighted by Gasteiger charge is 2.31. The predicted octanol–water partition coefficient (Wildman–Crippen LogP) is 3.02. The Balaban J connectivity index is 2.87. The second kappa shape index (κ2) is 6.57. The van der Waals surface area contributed by atoms with Gasteiger partial charge >= 0.3 is 5.97 Å². The van der Waals surface area contributed by atoms with E-state index < -0.39 is 17.7 Å². The number of benzene rings is 1. The molecule has 0 aliphatic carbocycles. The summed E-state index contributed by atoms with van der Waals surface area (Å²) in [6.45, 7) is 10.6. The Morgan fingerprint density at radius 1 is 1.30 bits per heavy atom. The summed E-state index contributed by atoms with van der Waals surface area (Å²) in [6, 6.07) is 7.11. The fraction of sp³-hybridized carbons (Fsp3) is 0.438. The maximum absolute atomic E-state index is 11.2. The first kappa shape index (κ1) is 16.2. The van der Waals surface area contributed by atoms with E-state index in [9.17, 15) is 9.90 Å². The van der Waals surface area contributed by atoms with Gasteiger partial charge in [0, 0.05) is 6.92 Å². The molecule has 4 heteroatoms. The van der Waals surface area contributed by atoms with E-state index in [2.05, 4.69) is 6.58 Å². The van der Waals surface area contributed by atoms with Crippen molar-refractivity contribution in [2.24, 2.45) is 0 Å². The molecule has 0 heterocycles. The van der Waals surface area contributed by atoms with Crippen LogP contribution in [-0.4, -0.2) is 23.3 Å². The van der Waals surface area contributed by atoms with Crippen LogP contribution in [0.15, 0.2) is 36.4 Å². The first-order valence-electron chi connectivity index (χ1n) is 6.47. The molecular formula is C16H22O4. The van der Waals surface area contributed by atoms with Crippen LogP contribution in [0.3, 0.4) is 0 Å². The molecule has 0 fully saturated rings. The minimum absolute atomic E-state index is 0.431. The number of ether oxygens (including phenoxy) is 2. The average Bonchev–Trinajstić information content (AvgIpc) is 2.33. The summed E-state index contributed by atoms with van der Waals surface area (Å²) in [7, 11) is 0. The molecule has 20 heavy (non-hydrogen) atoms. The fourth-order valence-electron chi connectivity index (χ4n) is 1.73. The summed E-state index contributed by atoms with van der Waals surface area (Å²) in [4.78, 5) is 11.2. The van der Waals surface area contributed by atoms with Crippen LogP contribution in [0.25, 0.3) is 0 Å². The highest BCUT2D eigenvalue weighted by Crippen LogP contribution is 2.30. The number of carbonyl (C=O) groups is 1. The van der Waals surface area contributed by atoms with Crippen molar-refractivity contribution in [3.63, 3.8) is 0 Å². The van der Waals surface area contributed by atoms with E-state index in [4.69, 9.17) is 9.47 Å². The molecule has 1 unspecified atom stereocenters. The monoisotopic (exact) mass is 278 g/mol. The minimum atomic E-state index is -1.16. The van der Waals surface area contributed by atoms with Crippen molar-refractivity contribution in [1.29, 1.82) is 0 Å². The predicted molar refractivity (Wildman–Crippen MR) is 77.6 cm³/mol. The topological polar surface area (TPSA) is 55.8 Å². The van der Waals surface area contributed by atoms with Gasteiger partial charge in [-0.25, -0.2) is 0 Å². The number of hydrogen-bond acceptors (Lipinski definition) is 4. The Morgan fingerprint density at radius 2 is 1.85 bits per heavy atom. The third-order valence-electron chi connectivity index (χ3n) is 2.59. The number of rotatable bonds is 6. The standard InChI is InChI=1S/C16H22O4/c1-11(2)10-19-14-8-6-13(7-9-14)15(16(4,5)18)20-12(3)17/h6-9,15,18H,1,10H2,2-5H3. The lowest BCUT2D eigenvalue weighted by atomic mass is 9.94. The molecule has 0 radical (unpaired) electrons. The van der Waals surface area contributed by atoms with Gasteiger partial charge in [0.05, 0.1) is 0 Å². The number of hydrogen-bond donors (Lipinski definition) is 1. The van der Waals surface area contributed by atoms with Crippen LogP contribution in [0.2, 0.25) is 0 Å². The highest BCUT2D eigenvalue weighted by molar-refractivity contribution is 5.66. The van der Waals surface area contributed by atoms with Crippen molar-refractivity contribution in [2.75, 3.05) is 6.61 Å². The summed E-state index contributed by atoms with van der Waals surface area (Å²) >= 11 is 0. The Bertz CT molecular complexity index is 468. The quantitative estimate of drug-likeness (QED) is 0.642. The summed E-state index contributed by atoms with van der Waals surface area (Å²) in [5, 5.41) is 10.1. The molecule has 110 valence electrons. The van der Waals surface area contributed by atoms with Crippen molar-refractivity contribution in [1.82, 2.24) is 0 Å². The molecule has 1 aromatic rings. The second-order valence-electron chi connectivity index (χ2n) is 5.46. The highest BCUT2D eigenvalue weighted by atomic mass is 16.6. The molecule has 0 spiro atoms. The minimum Gasteiger partial charge on any atom is -0.489 e. The molecule has 0 aromatic heterocycles. The SMILES string of the molecule is C=C(C)COc1ccc(C(OC(C)=O)C(C)(C)O)cc1. The molecule has 0 bridgehead atoms. The van der Waals surface area contributed by atoms with Crippen molar-refractivity contribution < 1.29 is 19.4 Å². The summed E-state index contributed by atoms with van der Waals surface area (Å²) in [6.07, 6.45) is -0.713. The van der Waals surface area contributed by atoms with E-state index in [0.717, 1.165) is 11.1 Å². The molecule has 4 nitrogen and oxygen atoms in total. The molecule has 0 saturated heterocycles. The zero-order valence-corrected chi connectivity index (χ0v) is 12.5. The van der Waals surface area contributed by atoms with Gasteiger partial charge in [0.2, 0.25) is 0 Å². The van der Waals surface area contributed by atoms with Crippen molar-refractivity contribution in [2.45, 2.75) is 39.4 Å². The molecule has 0 saturated carbocycles. The van der Waals surface area contributed by atoms with Crippen molar-refractivity contribution >= 4 is 5.97 Å². The van der Waals surface area contributed by atoms with E-state index in [1.807, 2.05) is 6.92 Å². The second-order valence-corrected chi connectivity index (χ2v) is 5.46. The molecule has 1 atom stereocenters. The lowest BCUT2D eigenvalue weighted by Crippen LogP contribution is -2.32. The number of aliphatic hydroxyl groups is 1. The van der Waals surface area contributed by atoms with Crippen LogP contribution < -0.4 is 4.74 Å². The lowest BCUT2D eigenvalue weighted by Gasteiger charge is -2.29. The van der Waals surface area contributed by atoms with Crippen LogP contribution in [-0.2, 0) is 9.53 Å². The van der Waals surface area contributed by atoms with Gasteiger partial charge in [0.15, 0.2) is 6.10 Å². The van der Waals surface area contributed by atoms with Crippen LogP contribution in [0.1, 0.15) is 39.4 Å². The zero-order chi connectivity index (χ0) is 15.3. The van der Waals surface area contributed by atoms with Gasteiger partial charge in [-0.2, -0.15) is 0 Å². The maximum Gasteiger partial charge on any atom is 0.303 e. The summed E-state index contributed by atoms with van der Waals surface area (Å²) in [5.74, 6) is 0.272. The molecule has 0 aliphatic rings. The molecular weight excluding hydrogens is 256 g/mol. The first-order valence-corrected chi connectivity index (χ1v) is 6.47. The van der Waals surface area contributed by atoms with Gasteiger partial charge < -0.3 is 14.6 Å². The van der Waals surface area contributed by atoms with Gasteiger partial charge in [0.1, 0.15) is 18.0 Å². The Kier molecular flexibility index (Phi) is 5.34. The van der Waals surface area contributed by atoms with Gasteiger partial charge in [-0.3, -0.25) is 4.79 Å². The largest absolute Gasteiger partial charge is 0.489 e. The van der Waals surface area contributed by atoms with Crippen LogP contribution in [0.5, 0.6) is 5.75 Å². The lowest BCUT2D eigenvalue weighted by molar-refractivity contribution is -0.160. The third kappa shape index (κ3) is 5.05. The molecule has 1 aromatic carbocycles. The normalized spacial score (nSPS) is 12.7. The summed E-state index contributed by atoms with van der Waals surface area (Å²) < 4.78 is 10.7. The average molecular weight is 278 g/mol. The zero-order valence-electron chi connectivity index (χ0n) is 12.5. The van der Waals surface area contributed by atoms with E-state index in [1.54, 1.807) is 38.1 Å². The summed E-state index contributed by atoms with van der Waals surface area (Å²) in [5.41, 5.74) is 0.491. The van der Waals surface area contributed by atoms with E-state index >= 15 is 0 Å². The van der Waals surface area contributed by atoms with E-state index in [0.29, 0.717) is 12.4 Å². The van der Waals surface area contributed by atoms with Crippen molar-refractivity contribution in [3.8, 4) is 5.75 Å². The Morgan fingerprint density at radius 3 is 2.25 bits per heavy atom. The van der Waals surface area contributed by atoms with Crippen LogP contribution in [0, 0.1) is 0 Å². The van der Waals surface area contributed by atoms with Gasteiger partial charge in [-0.1, -0.05) is 18.7 Å². The number of carbonyl (C=O) groups excluding carboxylic acids is 1. The molecule has 0 amide bonds. The molecule has 0 aliphatic heterocycles. The van der Waals surface area contributed by atoms with Crippen molar-refractivity contribution in [3.05, 3.63) is 42.0 Å². The van der Waals surface area contributed by atoms with Gasteiger partial charge in [-0.05, 0) is 44.0 Å². The van der Waals surface area contributed by atoms with E-state index in [-0.39, 0.29) is 0 Å². The van der Waals surface area contributed by atoms with Crippen LogP contribution in [0.4, 0.5) is 0 Å². The first-order chi connectivity index (χ1) is 9.20. The fourth-order valence-corrected chi connectivity index (χ4v) is 1.73. The maximum atomic E-state index is 11.2. The van der Waals surface area contributed by atoms with Gasteiger partial charge in [-0.15, -0.1) is 0 Å². The molecule has 1 rings (SSSR count). The Hall–Kier alpha value is -1.81. The van der Waals surface area contributed by atoms with Crippen LogP contribution >= 0.6 is 0 Å². The smallest absolute Gasteiger partial charge is 0.303 e. The van der Waals surface area contributed by atoms with E-state index in [1.165, 1.54) is 6.92 Å².